The van der Waals surface area contributed by atoms with E-state index in [4.69, 9.17) is 0 Å². The molecule has 2 N–H and O–H groups in total. The molecule has 1 aliphatic heterocycles. The number of hydrogen-bond acceptors (Lipinski definition) is 3. The van der Waals surface area contributed by atoms with E-state index in [2.05, 4.69) is 10.6 Å². The van der Waals surface area contributed by atoms with Gasteiger partial charge in [0.15, 0.2) is 0 Å². The highest BCUT2D eigenvalue weighted by molar-refractivity contribution is 5.89. The Hall–Kier alpha value is -2.57. The number of nitrogens with one attached hydrogen (secondary N) is 2. The van der Waals surface area contributed by atoms with Crippen molar-refractivity contribution in [2.24, 2.45) is 5.92 Å². The highest BCUT2D eigenvalue weighted by atomic mass is 16.2. The molecule has 1 aliphatic rings. The molecule has 1 aromatic rings. The lowest BCUT2D eigenvalue weighted by Crippen LogP contribution is -2.41. The van der Waals surface area contributed by atoms with Crippen molar-refractivity contribution in [3.63, 3.8) is 0 Å². The third kappa shape index (κ3) is 4.95. The van der Waals surface area contributed by atoms with E-state index < -0.39 is 0 Å². The fourth-order valence-electron chi connectivity index (χ4n) is 2.85. The van der Waals surface area contributed by atoms with Gasteiger partial charge in [-0.05, 0) is 12.5 Å². The largest absolute Gasteiger partial charge is 0.354 e. The molecular weight excluding hydrogens is 320 g/mol. The Morgan fingerprint density at radius 1 is 1.20 bits per heavy atom. The van der Waals surface area contributed by atoms with Crippen LogP contribution in [-0.2, 0) is 9.59 Å². The first kappa shape index (κ1) is 18.8. The van der Waals surface area contributed by atoms with Crippen molar-refractivity contribution in [3.05, 3.63) is 35.9 Å². The van der Waals surface area contributed by atoms with Gasteiger partial charge in [-0.3, -0.25) is 9.59 Å². The van der Waals surface area contributed by atoms with E-state index in [-0.39, 0.29) is 36.2 Å². The lowest BCUT2D eigenvalue weighted by atomic mass is 10.1. The Balaban J connectivity index is 1.81. The maximum absolute atomic E-state index is 12.3. The molecular formula is C18H26N4O3. The summed E-state index contributed by atoms with van der Waals surface area (Å²) >= 11 is 0. The Morgan fingerprint density at radius 3 is 2.48 bits per heavy atom. The third-order valence-electron chi connectivity index (χ3n) is 4.39. The maximum Gasteiger partial charge on any atom is 0.316 e. The number of carbonyl (C=O) groups is 3. The standard InChI is InChI=1S/C18H26N4O3/c1-13(14-7-5-4-6-8-14)22-12-15(11-16(22)23)17(24)19-9-10-20-18(25)21(2)3/h4-8,13,15H,9-12H2,1-3H3,(H,19,24)(H,20,25). The molecule has 7 nitrogen and oxygen atoms in total. The van der Waals surface area contributed by atoms with Gasteiger partial charge in [0, 0.05) is 40.2 Å². The predicted octanol–water partition coefficient (Wildman–Crippen LogP) is 0.984. The van der Waals surface area contributed by atoms with Crippen molar-refractivity contribution < 1.29 is 14.4 Å². The summed E-state index contributed by atoms with van der Waals surface area (Å²) < 4.78 is 0. The summed E-state index contributed by atoms with van der Waals surface area (Å²) in [5.74, 6) is -0.490. The number of nitrogens with zero attached hydrogens (tertiary/aromatic N) is 2. The number of hydrogen-bond donors (Lipinski definition) is 2. The van der Waals surface area contributed by atoms with Crippen molar-refractivity contribution in [2.75, 3.05) is 33.7 Å². The SMILES string of the molecule is CC(c1ccccc1)N1CC(C(=O)NCCNC(=O)N(C)C)CC1=O. The van der Waals surface area contributed by atoms with Gasteiger partial charge < -0.3 is 20.4 Å². The maximum atomic E-state index is 12.3. The minimum atomic E-state index is -0.344. The number of rotatable bonds is 6. The molecule has 0 aliphatic carbocycles. The van der Waals surface area contributed by atoms with Gasteiger partial charge in [0.1, 0.15) is 0 Å². The molecule has 25 heavy (non-hydrogen) atoms. The van der Waals surface area contributed by atoms with Crippen molar-refractivity contribution in [3.8, 4) is 0 Å². The molecule has 1 aromatic carbocycles. The third-order valence-corrected chi connectivity index (χ3v) is 4.39. The molecule has 7 heteroatoms. The average molecular weight is 346 g/mol. The molecule has 1 fully saturated rings. The van der Waals surface area contributed by atoms with Crippen LogP contribution in [0.25, 0.3) is 0 Å². The second kappa shape index (κ2) is 8.50. The Morgan fingerprint density at radius 2 is 1.84 bits per heavy atom. The van der Waals surface area contributed by atoms with Gasteiger partial charge in [0.05, 0.1) is 12.0 Å². The molecule has 1 saturated heterocycles. The molecule has 2 rings (SSSR count). The van der Waals surface area contributed by atoms with Crippen molar-refractivity contribution in [1.82, 2.24) is 20.4 Å². The average Bonchev–Trinajstić information content (AvgIpc) is 3.00. The second-order valence-electron chi connectivity index (χ2n) is 6.45. The van der Waals surface area contributed by atoms with Crippen LogP contribution in [0, 0.1) is 5.92 Å². The van der Waals surface area contributed by atoms with Gasteiger partial charge in [-0.25, -0.2) is 4.79 Å². The van der Waals surface area contributed by atoms with Gasteiger partial charge in [-0.15, -0.1) is 0 Å². The van der Waals surface area contributed by atoms with Crippen LogP contribution in [0.4, 0.5) is 4.79 Å². The first-order chi connectivity index (χ1) is 11.9. The van der Waals surface area contributed by atoms with Crippen LogP contribution in [0.3, 0.4) is 0 Å². The van der Waals surface area contributed by atoms with Crippen LogP contribution in [0.2, 0.25) is 0 Å². The van der Waals surface area contributed by atoms with E-state index in [0.29, 0.717) is 19.6 Å². The zero-order valence-electron chi connectivity index (χ0n) is 15.0. The smallest absolute Gasteiger partial charge is 0.316 e. The van der Waals surface area contributed by atoms with E-state index in [9.17, 15) is 14.4 Å². The molecule has 1 heterocycles. The van der Waals surface area contributed by atoms with Crippen LogP contribution in [0.1, 0.15) is 24.9 Å². The van der Waals surface area contributed by atoms with E-state index in [1.165, 1.54) is 4.90 Å². The second-order valence-corrected chi connectivity index (χ2v) is 6.45. The van der Waals surface area contributed by atoms with E-state index in [1.807, 2.05) is 37.3 Å². The molecule has 2 atom stereocenters. The molecule has 0 spiro atoms. The van der Waals surface area contributed by atoms with E-state index in [0.717, 1.165) is 5.56 Å². The van der Waals surface area contributed by atoms with Crippen LogP contribution in [0.5, 0.6) is 0 Å². The molecule has 0 radical (unpaired) electrons. The van der Waals surface area contributed by atoms with Crippen LogP contribution in [-0.4, -0.2) is 61.4 Å². The van der Waals surface area contributed by atoms with Crippen LogP contribution >= 0.6 is 0 Å². The Bertz CT molecular complexity index is 618. The number of amides is 4. The summed E-state index contributed by atoms with van der Waals surface area (Å²) in [7, 11) is 3.31. The molecule has 0 bridgehead atoms. The number of urea groups is 1. The number of likely N-dealkylation sites (tertiary alicyclic amines) is 1. The highest BCUT2D eigenvalue weighted by Gasteiger charge is 2.36. The lowest BCUT2D eigenvalue weighted by molar-refractivity contribution is -0.130. The van der Waals surface area contributed by atoms with Gasteiger partial charge in [-0.1, -0.05) is 30.3 Å². The Kier molecular flexibility index (Phi) is 6.38. The minimum absolute atomic E-state index is 0.00239. The molecule has 2 unspecified atom stereocenters. The summed E-state index contributed by atoms with van der Waals surface area (Å²) in [5.41, 5.74) is 1.06. The normalized spacial score (nSPS) is 18.0. The highest BCUT2D eigenvalue weighted by Crippen LogP contribution is 2.28. The summed E-state index contributed by atoms with van der Waals surface area (Å²) in [6.45, 7) is 3.10. The van der Waals surface area contributed by atoms with Gasteiger partial charge in [0.2, 0.25) is 11.8 Å². The summed E-state index contributed by atoms with van der Waals surface area (Å²) in [4.78, 5) is 39.1. The summed E-state index contributed by atoms with van der Waals surface area (Å²) in [6, 6.07) is 9.54. The van der Waals surface area contributed by atoms with Crippen LogP contribution in [0.15, 0.2) is 30.3 Å². The van der Waals surface area contributed by atoms with Crippen molar-refractivity contribution in [1.29, 1.82) is 0 Å². The van der Waals surface area contributed by atoms with Crippen molar-refractivity contribution >= 4 is 17.8 Å². The first-order valence-electron chi connectivity index (χ1n) is 8.47. The molecule has 0 saturated carbocycles. The minimum Gasteiger partial charge on any atom is -0.354 e. The quantitative estimate of drug-likeness (QED) is 0.754. The van der Waals surface area contributed by atoms with Gasteiger partial charge in [-0.2, -0.15) is 0 Å². The predicted molar refractivity (Wildman–Crippen MR) is 94.8 cm³/mol. The first-order valence-corrected chi connectivity index (χ1v) is 8.47. The molecule has 136 valence electrons. The topological polar surface area (TPSA) is 81.8 Å². The van der Waals surface area contributed by atoms with Crippen LogP contribution < -0.4 is 10.6 Å². The fraction of sp³-hybridized carbons (Fsp3) is 0.500. The summed E-state index contributed by atoms with van der Waals surface area (Å²) in [5, 5.41) is 5.47. The molecule has 4 amide bonds. The molecule has 0 aromatic heterocycles. The Labute approximate surface area is 148 Å². The fourth-order valence-corrected chi connectivity index (χ4v) is 2.85. The number of benzene rings is 1. The number of carbonyl (C=O) groups excluding carboxylic acids is 3. The lowest BCUT2D eigenvalue weighted by Gasteiger charge is -2.25. The van der Waals surface area contributed by atoms with Crippen molar-refractivity contribution in [2.45, 2.75) is 19.4 Å². The summed E-state index contributed by atoms with van der Waals surface area (Å²) in [6.07, 6.45) is 0.229. The zero-order chi connectivity index (χ0) is 18.4. The zero-order valence-corrected chi connectivity index (χ0v) is 15.0. The monoisotopic (exact) mass is 346 g/mol. The van der Waals surface area contributed by atoms with E-state index >= 15 is 0 Å². The van der Waals surface area contributed by atoms with Gasteiger partial charge in [0.25, 0.3) is 0 Å². The van der Waals surface area contributed by atoms with E-state index in [1.54, 1.807) is 19.0 Å². The van der Waals surface area contributed by atoms with Gasteiger partial charge >= 0.3 is 6.03 Å².